The number of amides is 1. The molecule has 162 valence electrons. The first-order chi connectivity index (χ1) is 14.4. The minimum Gasteiger partial charge on any atom is -0.351 e. The maximum absolute atomic E-state index is 12.8. The van der Waals surface area contributed by atoms with Gasteiger partial charge in [-0.2, -0.15) is 11.8 Å². The number of rotatable bonds is 8. The molecular formula is C23H30N2O3S2. The van der Waals surface area contributed by atoms with Gasteiger partial charge in [-0.25, -0.2) is 8.42 Å². The van der Waals surface area contributed by atoms with E-state index in [0.29, 0.717) is 17.8 Å². The van der Waals surface area contributed by atoms with Crippen LogP contribution in [0.3, 0.4) is 0 Å². The van der Waals surface area contributed by atoms with E-state index in [-0.39, 0.29) is 10.8 Å². The first-order valence-corrected chi connectivity index (χ1v) is 12.9. The van der Waals surface area contributed by atoms with Crippen molar-refractivity contribution >= 4 is 33.4 Å². The molecule has 5 nitrogen and oxygen atoms in total. The third kappa shape index (κ3) is 5.79. The molecule has 1 aliphatic carbocycles. The summed E-state index contributed by atoms with van der Waals surface area (Å²) >= 11 is 1.95. The van der Waals surface area contributed by atoms with Crippen molar-refractivity contribution in [2.24, 2.45) is 0 Å². The van der Waals surface area contributed by atoms with Crippen molar-refractivity contribution in [2.75, 3.05) is 23.7 Å². The number of thioether (sulfide) groups is 1. The largest absolute Gasteiger partial charge is 0.351 e. The van der Waals surface area contributed by atoms with Crippen LogP contribution in [-0.2, 0) is 10.0 Å². The highest BCUT2D eigenvalue weighted by Gasteiger charge is 2.21. The number of nitrogens with one attached hydrogen (secondary N) is 1. The molecule has 2 aromatic rings. The first-order valence-electron chi connectivity index (χ1n) is 10.4. The van der Waals surface area contributed by atoms with Gasteiger partial charge in [0.1, 0.15) is 0 Å². The predicted molar refractivity (Wildman–Crippen MR) is 125 cm³/mol. The molecule has 1 N–H and O–H groups in total. The van der Waals surface area contributed by atoms with Crippen molar-refractivity contribution in [3.63, 3.8) is 0 Å². The van der Waals surface area contributed by atoms with Gasteiger partial charge in [0.25, 0.3) is 15.9 Å². The van der Waals surface area contributed by atoms with E-state index in [9.17, 15) is 13.2 Å². The molecule has 0 heterocycles. The van der Waals surface area contributed by atoms with Crippen LogP contribution in [0.1, 0.15) is 48.0 Å². The number of nitrogens with zero attached hydrogens (tertiary/aromatic N) is 1. The molecule has 1 amide bonds. The Kier molecular flexibility index (Phi) is 7.83. The Bertz CT molecular complexity index is 935. The molecule has 1 fully saturated rings. The Hall–Kier alpha value is -1.99. The minimum atomic E-state index is -3.64. The van der Waals surface area contributed by atoms with E-state index in [1.165, 1.54) is 43.5 Å². The lowest BCUT2D eigenvalue weighted by atomic mass is 10.0. The zero-order valence-electron chi connectivity index (χ0n) is 17.6. The van der Waals surface area contributed by atoms with Gasteiger partial charge in [-0.3, -0.25) is 9.10 Å². The van der Waals surface area contributed by atoms with Crippen molar-refractivity contribution < 1.29 is 13.2 Å². The zero-order valence-corrected chi connectivity index (χ0v) is 19.3. The third-order valence-corrected chi connectivity index (χ3v) is 8.65. The lowest BCUT2D eigenvalue weighted by Gasteiger charge is -2.21. The van der Waals surface area contributed by atoms with E-state index in [2.05, 4.69) is 5.32 Å². The molecule has 0 radical (unpaired) electrons. The third-order valence-electron chi connectivity index (χ3n) is 5.47. The summed E-state index contributed by atoms with van der Waals surface area (Å²) in [4.78, 5) is 12.6. The van der Waals surface area contributed by atoms with Crippen LogP contribution in [0.15, 0.2) is 53.4 Å². The Morgan fingerprint density at radius 3 is 2.30 bits per heavy atom. The molecule has 7 heteroatoms. The molecule has 0 spiro atoms. The van der Waals surface area contributed by atoms with E-state index >= 15 is 0 Å². The second kappa shape index (κ2) is 10.4. The molecule has 30 heavy (non-hydrogen) atoms. The molecule has 1 aliphatic rings. The van der Waals surface area contributed by atoms with Crippen LogP contribution in [0.2, 0.25) is 0 Å². The topological polar surface area (TPSA) is 66.5 Å². The maximum atomic E-state index is 12.8. The zero-order chi connectivity index (χ0) is 21.6. The quantitative estimate of drug-likeness (QED) is 0.601. The van der Waals surface area contributed by atoms with E-state index in [1.807, 2.05) is 18.7 Å². The van der Waals surface area contributed by atoms with E-state index < -0.39 is 10.0 Å². The van der Waals surface area contributed by atoms with Gasteiger partial charge >= 0.3 is 0 Å². The Morgan fingerprint density at radius 2 is 1.67 bits per heavy atom. The molecule has 0 aromatic heterocycles. The summed E-state index contributed by atoms with van der Waals surface area (Å²) in [6, 6.07) is 13.4. The Balaban J connectivity index is 1.54. The summed E-state index contributed by atoms with van der Waals surface area (Å²) in [5, 5.41) is 3.69. The predicted octanol–water partition coefficient (Wildman–Crippen LogP) is 4.62. The maximum Gasteiger partial charge on any atom is 0.264 e. The minimum absolute atomic E-state index is 0.130. The highest BCUT2D eigenvalue weighted by molar-refractivity contribution is 7.99. The second-order valence-corrected chi connectivity index (χ2v) is 11.1. The van der Waals surface area contributed by atoms with Crippen LogP contribution < -0.4 is 9.62 Å². The number of anilines is 1. The van der Waals surface area contributed by atoms with Crippen molar-refractivity contribution in [2.45, 2.75) is 49.2 Å². The van der Waals surface area contributed by atoms with Crippen molar-refractivity contribution in [1.29, 1.82) is 0 Å². The molecule has 2 aromatic carbocycles. The Labute approximate surface area is 184 Å². The second-order valence-electron chi connectivity index (χ2n) is 7.72. The highest BCUT2D eigenvalue weighted by Crippen LogP contribution is 2.27. The molecular weight excluding hydrogens is 416 g/mol. The van der Waals surface area contributed by atoms with E-state index in [0.717, 1.165) is 16.6 Å². The smallest absolute Gasteiger partial charge is 0.264 e. The Morgan fingerprint density at radius 1 is 1.03 bits per heavy atom. The van der Waals surface area contributed by atoms with Gasteiger partial charge in [0, 0.05) is 30.2 Å². The molecule has 0 atom stereocenters. The first kappa shape index (κ1) is 22.7. The number of sulfonamides is 1. The standard InChI is InChI=1S/C23H30N2O3S2/c1-18-8-14-22(15-9-18)30(27,28)25(2)20-12-10-19(11-13-20)23(26)24-16-17-29-21-6-4-3-5-7-21/h8-15,21H,3-7,16-17H2,1-2H3,(H,24,26). The van der Waals surface area contributed by atoms with Crippen LogP contribution in [0.25, 0.3) is 0 Å². The number of hydrogen-bond donors (Lipinski definition) is 1. The summed E-state index contributed by atoms with van der Waals surface area (Å²) in [6.07, 6.45) is 6.58. The molecule has 3 rings (SSSR count). The van der Waals surface area contributed by atoms with Gasteiger partial charge in [-0.05, 0) is 56.2 Å². The van der Waals surface area contributed by atoms with Crippen LogP contribution >= 0.6 is 11.8 Å². The summed E-state index contributed by atoms with van der Waals surface area (Å²) in [6.45, 7) is 2.56. The number of hydrogen-bond acceptors (Lipinski definition) is 4. The van der Waals surface area contributed by atoms with Gasteiger partial charge in [-0.1, -0.05) is 37.0 Å². The van der Waals surface area contributed by atoms with Crippen LogP contribution in [0.4, 0.5) is 5.69 Å². The van der Waals surface area contributed by atoms with Gasteiger partial charge < -0.3 is 5.32 Å². The highest BCUT2D eigenvalue weighted by atomic mass is 32.2. The fraction of sp³-hybridized carbons (Fsp3) is 0.435. The van der Waals surface area contributed by atoms with Crippen molar-refractivity contribution in [1.82, 2.24) is 5.32 Å². The molecule has 1 saturated carbocycles. The van der Waals surface area contributed by atoms with Gasteiger partial charge in [0.05, 0.1) is 10.6 Å². The molecule has 0 unspecified atom stereocenters. The summed E-state index contributed by atoms with van der Waals surface area (Å²) < 4.78 is 26.9. The van der Waals surface area contributed by atoms with Gasteiger partial charge in [0.15, 0.2) is 0 Å². The SMILES string of the molecule is Cc1ccc(S(=O)(=O)N(C)c2ccc(C(=O)NCCSC3CCCCC3)cc2)cc1. The van der Waals surface area contributed by atoms with Gasteiger partial charge in [0.2, 0.25) is 0 Å². The van der Waals surface area contributed by atoms with E-state index in [1.54, 1.807) is 48.5 Å². The molecule has 0 bridgehead atoms. The van der Waals surface area contributed by atoms with Crippen LogP contribution in [0.5, 0.6) is 0 Å². The van der Waals surface area contributed by atoms with Crippen molar-refractivity contribution in [3.05, 3.63) is 59.7 Å². The summed E-state index contributed by atoms with van der Waals surface area (Å²) in [5.74, 6) is 0.793. The normalized spacial score (nSPS) is 15.0. The fourth-order valence-corrected chi connectivity index (χ4v) is 5.97. The van der Waals surface area contributed by atoms with Gasteiger partial charge in [-0.15, -0.1) is 0 Å². The number of aryl methyl sites for hydroxylation is 1. The lowest BCUT2D eigenvalue weighted by Crippen LogP contribution is -2.28. The van der Waals surface area contributed by atoms with Crippen LogP contribution in [0, 0.1) is 6.92 Å². The molecule has 0 saturated heterocycles. The average Bonchev–Trinajstić information content (AvgIpc) is 2.77. The van der Waals surface area contributed by atoms with E-state index in [4.69, 9.17) is 0 Å². The summed E-state index contributed by atoms with van der Waals surface area (Å²) in [5.41, 5.74) is 2.05. The van der Waals surface area contributed by atoms with Crippen LogP contribution in [-0.4, -0.2) is 38.9 Å². The van der Waals surface area contributed by atoms with Crippen molar-refractivity contribution in [3.8, 4) is 0 Å². The number of carbonyl (C=O) groups is 1. The molecule has 0 aliphatic heterocycles. The fourth-order valence-electron chi connectivity index (χ4n) is 3.55. The summed E-state index contributed by atoms with van der Waals surface area (Å²) in [7, 11) is -2.12. The average molecular weight is 447 g/mol. The lowest BCUT2D eigenvalue weighted by molar-refractivity contribution is 0.0956. The number of benzene rings is 2. The number of carbonyl (C=O) groups excluding carboxylic acids is 1. The monoisotopic (exact) mass is 446 g/mol.